The van der Waals surface area contributed by atoms with E-state index in [4.69, 9.17) is 23.2 Å². The number of anilines is 1. The summed E-state index contributed by atoms with van der Waals surface area (Å²) in [6.07, 6.45) is 2.86. The molecule has 0 aliphatic rings. The predicted octanol–water partition coefficient (Wildman–Crippen LogP) is 3.74. The summed E-state index contributed by atoms with van der Waals surface area (Å²) in [6, 6.07) is 7.73. The molecule has 0 amide bonds. The average Bonchev–Trinajstić information content (AvgIpc) is 2.41. The molecule has 0 fully saturated rings. The van der Waals surface area contributed by atoms with Crippen LogP contribution >= 0.6 is 23.2 Å². The summed E-state index contributed by atoms with van der Waals surface area (Å²) >= 11 is 11.7. The van der Waals surface area contributed by atoms with Crippen molar-refractivity contribution in [2.45, 2.75) is 0 Å². The molecule has 0 bridgehead atoms. The van der Waals surface area contributed by atoms with Crippen molar-refractivity contribution >= 4 is 40.9 Å². The van der Waals surface area contributed by atoms with E-state index in [0.29, 0.717) is 15.6 Å². The molecule has 1 heterocycles. The molecule has 0 aliphatic heterocycles. The van der Waals surface area contributed by atoms with Crippen molar-refractivity contribution in [1.82, 2.24) is 4.98 Å². The molecule has 0 aliphatic carbocycles. The van der Waals surface area contributed by atoms with Crippen LogP contribution in [0.25, 0.3) is 0 Å². The maximum atomic E-state index is 10.8. The van der Waals surface area contributed by atoms with Crippen LogP contribution in [0.5, 0.6) is 0 Å². The first kappa shape index (κ1) is 14.2. The van der Waals surface area contributed by atoms with Crippen LogP contribution in [0.1, 0.15) is 5.56 Å². The summed E-state index contributed by atoms with van der Waals surface area (Å²) in [6.45, 7) is 0. The number of halogens is 2. The lowest BCUT2D eigenvalue weighted by atomic mass is 10.2. The number of nitrogens with one attached hydrogen (secondary N) is 1. The van der Waals surface area contributed by atoms with E-state index in [2.05, 4.69) is 15.5 Å². The van der Waals surface area contributed by atoms with Crippen LogP contribution in [0.4, 0.5) is 11.5 Å². The van der Waals surface area contributed by atoms with E-state index in [9.17, 15) is 10.1 Å². The molecule has 0 saturated heterocycles. The average molecular weight is 311 g/mol. The van der Waals surface area contributed by atoms with Gasteiger partial charge in [0.15, 0.2) is 0 Å². The predicted molar refractivity (Wildman–Crippen MR) is 78.6 cm³/mol. The number of hydrogen-bond acceptors (Lipinski definition) is 5. The van der Waals surface area contributed by atoms with E-state index in [1.54, 1.807) is 18.2 Å². The molecule has 1 aromatic heterocycles. The maximum Gasteiger partial charge on any atom is 0.313 e. The molecule has 0 unspecified atom stereocenters. The highest BCUT2D eigenvalue weighted by Crippen LogP contribution is 2.21. The Hall–Kier alpha value is -2.18. The molecule has 6 nitrogen and oxygen atoms in total. The van der Waals surface area contributed by atoms with Crippen LogP contribution in [0.3, 0.4) is 0 Å². The van der Waals surface area contributed by atoms with Crippen LogP contribution < -0.4 is 5.43 Å². The lowest BCUT2D eigenvalue weighted by molar-refractivity contribution is -0.384. The highest BCUT2D eigenvalue weighted by molar-refractivity contribution is 6.36. The van der Waals surface area contributed by atoms with Gasteiger partial charge in [-0.05, 0) is 18.2 Å². The summed E-state index contributed by atoms with van der Waals surface area (Å²) in [5.74, 6) is 0.0545. The highest BCUT2D eigenvalue weighted by Gasteiger charge is 2.12. The second-order valence-electron chi connectivity index (χ2n) is 3.66. The zero-order chi connectivity index (χ0) is 14.5. The summed E-state index contributed by atoms with van der Waals surface area (Å²) < 4.78 is 0. The maximum absolute atomic E-state index is 10.8. The summed E-state index contributed by atoms with van der Waals surface area (Å²) in [5, 5.41) is 15.6. The van der Waals surface area contributed by atoms with Crippen molar-refractivity contribution in [3.8, 4) is 0 Å². The number of pyridine rings is 1. The van der Waals surface area contributed by atoms with Gasteiger partial charge < -0.3 is 0 Å². The monoisotopic (exact) mass is 310 g/mol. The van der Waals surface area contributed by atoms with E-state index in [0.717, 1.165) is 0 Å². The van der Waals surface area contributed by atoms with Crippen LogP contribution in [0.15, 0.2) is 41.6 Å². The van der Waals surface area contributed by atoms with Crippen molar-refractivity contribution in [2.75, 3.05) is 5.43 Å². The Labute approximate surface area is 124 Å². The fourth-order valence-corrected chi connectivity index (χ4v) is 1.86. The van der Waals surface area contributed by atoms with Gasteiger partial charge in [0.1, 0.15) is 0 Å². The second-order valence-corrected chi connectivity index (χ2v) is 4.51. The fourth-order valence-electron chi connectivity index (χ4n) is 1.40. The van der Waals surface area contributed by atoms with E-state index in [1.165, 1.54) is 24.5 Å². The van der Waals surface area contributed by atoms with Crippen molar-refractivity contribution in [2.24, 2.45) is 5.10 Å². The number of nitro groups is 1. The molecule has 20 heavy (non-hydrogen) atoms. The molecule has 1 aromatic carbocycles. The van der Waals surface area contributed by atoms with E-state index >= 15 is 0 Å². The molecule has 102 valence electrons. The SMILES string of the molecule is O=[N+]([O-])c1cccnc1N/N=C\c1ccc(Cl)cc1Cl. The Morgan fingerprint density at radius 1 is 1.35 bits per heavy atom. The van der Waals surface area contributed by atoms with Gasteiger partial charge in [0.2, 0.25) is 5.82 Å². The van der Waals surface area contributed by atoms with E-state index in [-0.39, 0.29) is 11.5 Å². The minimum Gasteiger partial charge on any atom is -0.258 e. The second kappa shape index (κ2) is 6.31. The minimum absolute atomic E-state index is 0.0545. The third kappa shape index (κ3) is 3.43. The number of benzene rings is 1. The molecule has 0 saturated carbocycles. The summed E-state index contributed by atoms with van der Waals surface area (Å²) in [4.78, 5) is 14.1. The molecular weight excluding hydrogens is 303 g/mol. The Morgan fingerprint density at radius 2 is 2.15 bits per heavy atom. The summed E-state index contributed by atoms with van der Waals surface area (Å²) in [5.41, 5.74) is 2.98. The van der Waals surface area contributed by atoms with Gasteiger partial charge in [0.05, 0.1) is 16.2 Å². The first-order valence-electron chi connectivity index (χ1n) is 5.41. The standard InChI is InChI=1S/C12H8Cl2N4O2/c13-9-4-3-8(10(14)6-9)7-16-17-12-11(18(19)20)2-1-5-15-12/h1-7H,(H,15,17)/b16-7-. The third-order valence-corrected chi connectivity index (χ3v) is 2.88. The molecule has 0 spiro atoms. The van der Waals surface area contributed by atoms with Gasteiger partial charge in [-0.1, -0.05) is 29.3 Å². The Morgan fingerprint density at radius 3 is 2.85 bits per heavy atom. The number of nitrogens with zero attached hydrogens (tertiary/aromatic N) is 3. The fraction of sp³-hybridized carbons (Fsp3) is 0. The lowest BCUT2D eigenvalue weighted by Crippen LogP contribution is -1.99. The van der Waals surface area contributed by atoms with Crippen molar-refractivity contribution in [3.63, 3.8) is 0 Å². The van der Waals surface area contributed by atoms with Gasteiger partial charge in [-0.2, -0.15) is 5.10 Å². The molecule has 2 aromatic rings. The molecule has 8 heteroatoms. The van der Waals surface area contributed by atoms with Crippen molar-refractivity contribution in [1.29, 1.82) is 0 Å². The highest BCUT2D eigenvalue weighted by atomic mass is 35.5. The normalized spacial score (nSPS) is 10.7. The van der Waals surface area contributed by atoms with Gasteiger partial charge in [0, 0.05) is 22.8 Å². The number of hydrogen-bond donors (Lipinski definition) is 1. The molecule has 0 radical (unpaired) electrons. The van der Waals surface area contributed by atoms with Gasteiger partial charge in [-0.3, -0.25) is 15.5 Å². The van der Waals surface area contributed by atoms with Gasteiger partial charge in [0.25, 0.3) is 0 Å². The smallest absolute Gasteiger partial charge is 0.258 e. The van der Waals surface area contributed by atoms with E-state index in [1.807, 2.05) is 0 Å². The first-order valence-corrected chi connectivity index (χ1v) is 6.17. The van der Waals surface area contributed by atoms with Gasteiger partial charge in [-0.25, -0.2) is 4.98 Å². The Bertz CT molecular complexity index is 676. The van der Waals surface area contributed by atoms with Crippen molar-refractivity contribution in [3.05, 3.63) is 62.3 Å². The van der Waals surface area contributed by atoms with Crippen LogP contribution in [0, 0.1) is 10.1 Å². The van der Waals surface area contributed by atoms with Crippen LogP contribution in [-0.2, 0) is 0 Å². The molecule has 2 rings (SSSR count). The molecule has 0 atom stereocenters. The first-order chi connectivity index (χ1) is 9.58. The number of aromatic nitrogens is 1. The topological polar surface area (TPSA) is 80.4 Å². The van der Waals surface area contributed by atoms with Crippen LogP contribution in [0.2, 0.25) is 10.0 Å². The molecule has 1 N–H and O–H groups in total. The number of hydrazone groups is 1. The quantitative estimate of drug-likeness (QED) is 0.530. The third-order valence-electron chi connectivity index (χ3n) is 2.32. The number of rotatable bonds is 4. The lowest BCUT2D eigenvalue weighted by Gasteiger charge is -2.01. The Kier molecular flexibility index (Phi) is 4.49. The van der Waals surface area contributed by atoms with Crippen molar-refractivity contribution < 1.29 is 4.92 Å². The van der Waals surface area contributed by atoms with Gasteiger partial charge in [-0.15, -0.1) is 0 Å². The summed E-state index contributed by atoms with van der Waals surface area (Å²) in [7, 11) is 0. The van der Waals surface area contributed by atoms with Crippen LogP contribution in [-0.4, -0.2) is 16.1 Å². The largest absolute Gasteiger partial charge is 0.313 e. The molecular formula is C12H8Cl2N4O2. The zero-order valence-electron chi connectivity index (χ0n) is 9.96. The van der Waals surface area contributed by atoms with Gasteiger partial charge >= 0.3 is 5.69 Å². The van der Waals surface area contributed by atoms with E-state index < -0.39 is 4.92 Å². The Balaban J connectivity index is 2.16. The minimum atomic E-state index is -0.542. The zero-order valence-corrected chi connectivity index (χ0v) is 11.5.